The van der Waals surface area contributed by atoms with Crippen LogP contribution in [0.25, 0.3) is 0 Å². The molecule has 3 atom stereocenters. The highest BCUT2D eigenvalue weighted by atomic mass is 35.5. The lowest BCUT2D eigenvalue weighted by Gasteiger charge is -2.19. The second kappa shape index (κ2) is 14.3. The summed E-state index contributed by atoms with van der Waals surface area (Å²) in [5, 5.41) is 0.841. The fraction of sp³-hybridized carbons (Fsp3) is 0.667. The molecule has 172 valence electrons. The Bertz CT molecular complexity index is 656. The van der Waals surface area contributed by atoms with Crippen LogP contribution in [0.2, 0.25) is 15.1 Å². The Morgan fingerprint density at radius 3 is 2.03 bits per heavy atom. The maximum absolute atomic E-state index is 11.9. The number of halogens is 3. The molecule has 0 bridgehead atoms. The van der Waals surface area contributed by atoms with E-state index in [1.54, 1.807) is 6.92 Å². The molecule has 0 saturated heterocycles. The van der Waals surface area contributed by atoms with Crippen molar-refractivity contribution >= 4 is 40.8 Å². The molecule has 0 aliphatic carbocycles. The Morgan fingerprint density at radius 2 is 1.37 bits per heavy atom. The predicted octanol–water partition coefficient (Wildman–Crippen LogP) is 5.44. The number of carbonyl (C=O) groups is 1. The number of esters is 1. The van der Waals surface area contributed by atoms with Crippen molar-refractivity contribution in [2.75, 3.05) is 33.0 Å². The van der Waals surface area contributed by atoms with Crippen molar-refractivity contribution in [2.45, 2.75) is 52.9 Å². The van der Waals surface area contributed by atoms with E-state index in [0.717, 1.165) is 0 Å². The molecule has 30 heavy (non-hydrogen) atoms. The molecule has 0 aliphatic rings. The van der Waals surface area contributed by atoms with Gasteiger partial charge in [0.25, 0.3) is 0 Å². The van der Waals surface area contributed by atoms with Gasteiger partial charge >= 0.3 is 5.97 Å². The summed E-state index contributed by atoms with van der Waals surface area (Å²) in [6.45, 7) is 11.4. The number of hydrogen-bond acceptors (Lipinski definition) is 6. The highest BCUT2D eigenvalue weighted by Crippen LogP contribution is 2.33. The van der Waals surface area contributed by atoms with Crippen LogP contribution >= 0.6 is 34.8 Å². The Kier molecular flexibility index (Phi) is 13.0. The van der Waals surface area contributed by atoms with Crippen molar-refractivity contribution in [3.8, 4) is 5.75 Å². The van der Waals surface area contributed by atoms with Gasteiger partial charge < -0.3 is 23.7 Å². The van der Waals surface area contributed by atoms with Gasteiger partial charge in [-0.15, -0.1) is 0 Å². The first-order valence-electron chi connectivity index (χ1n) is 9.86. The lowest BCUT2D eigenvalue weighted by atomic mass is 10.2. The Morgan fingerprint density at radius 1 is 0.800 bits per heavy atom. The van der Waals surface area contributed by atoms with Crippen LogP contribution in [0.4, 0.5) is 0 Å². The highest BCUT2D eigenvalue weighted by molar-refractivity contribution is 6.43. The molecule has 0 saturated carbocycles. The van der Waals surface area contributed by atoms with Crippen molar-refractivity contribution < 1.29 is 28.5 Å². The van der Waals surface area contributed by atoms with Gasteiger partial charge in [0.15, 0.2) is 6.61 Å². The molecule has 0 aromatic heterocycles. The molecule has 0 radical (unpaired) electrons. The van der Waals surface area contributed by atoms with Gasteiger partial charge in [0, 0.05) is 12.7 Å². The molecule has 1 aromatic carbocycles. The van der Waals surface area contributed by atoms with Crippen LogP contribution in [0.5, 0.6) is 5.75 Å². The molecule has 1 aromatic rings. The molecule has 0 amide bonds. The Balaban J connectivity index is 2.20. The van der Waals surface area contributed by atoms with Gasteiger partial charge in [0.05, 0.1) is 47.1 Å². The van der Waals surface area contributed by atoms with Crippen molar-refractivity contribution in [2.24, 2.45) is 5.92 Å². The van der Waals surface area contributed by atoms with E-state index in [-0.39, 0.29) is 41.2 Å². The normalized spacial score (nSPS) is 14.4. The van der Waals surface area contributed by atoms with E-state index in [0.29, 0.717) is 30.8 Å². The SMILES string of the molecule is CC(C)COC(C)COC(C)COCC(C)OC(=O)COc1cc(Cl)c(Cl)cc1Cl. The van der Waals surface area contributed by atoms with Crippen LogP contribution in [0, 0.1) is 5.92 Å². The maximum Gasteiger partial charge on any atom is 0.344 e. The quantitative estimate of drug-likeness (QED) is 0.258. The highest BCUT2D eigenvalue weighted by Gasteiger charge is 2.14. The summed E-state index contributed by atoms with van der Waals surface area (Å²) in [6.07, 6.45) is -0.511. The molecular formula is C21H31Cl3O6. The van der Waals surface area contributed by atoms with Crippen molar-refractivity contribution in [3.63, 3.8) is 0 Å². The van der Waals surface area contributed by atoms with Gasteiger partial charge in [-0.25, -0.2) is 4.79 Å². The van der Waals surface area contributed by atoms with Crippen LogP contribution in [-0.4, -0.2) is 57.3 Å². The maximum atomic E-state index is 11.9. The number of ether oxygens (including phenoxy) is 5. The number of hydrogen-bond donors (Lipinski definition) is 0. The fourth-order valence-corrected chi connectivity index (χ4v) is 2.79. The molecule has 0 N–H and O–H groups in total. The standard InChI is InChI=1S/C21H31Cl3O6/c1-13(2)8-27-15(4)11-28-14(3)9-26-10-16(5)30-21(25)12-29-20-7-18(23)17(22)6-19(20)24/h6-7,13-16H,8-12H2,1-5H3. The zero-order valence-corrected chi connectivity index (χ0v) is 20.4. The molecule has 3 unspecified atom stereocenters. The first-order chi connectivity index (χ1) is 14.1. The van der Waals surface area contributed by atoms with Crippen molar-refractivity contribution in [1.82, 2.24) is 0 Å². The van der Waals surface area contributed by atoms with Gasteiger partial charge in [0.1, 0.15) is 11.9 Å². The summed E-state index contributed by atoms with van der Waals surface area (Å²) >= 11 is 17.8. The fourth-order valence-electron chi connectivity index (χ4n) is 2.20. The lowest BCUT2D eigenvalue weighted by molar-refractivity contribution is -0.154. The van der Waals surface area contributed by atoms with Crippen LogP contribution in [0.15, 0.2) is 12.1 Å². The van der Waals surface area contributed by atoms with Crippen molar-refractivity contribution in [1.29, 1.82) is 0 Å². The Labute approximate surface area is 194 Å². The largest absolute Gasteiger partial charge is 0.480 e. The van der Waals surface area contributed by atoms with Gasteiger partial charge in [-0.3, -0.25) is 0 Å². The first-order valence-corrected chi connectivity index (χ1v) is 11.0. The molecule has 6 nitrogen and oxygen atoms in total. The van der Waals surface area contributed by atoms with Crippen LogP contribution in [0.3, 0.4) is 0 Å². The summed E-state index contributed by atoms with van der Waals surface area (Å²) in [6, 6.07) is 2.89. The van der Waals surface area contributed by atoms with Crippen LogP contribution in [-0.2, 0) is 23.7 Å². The van der Waals surface area contributed by atoms with Gasteiger partial charge in [0.2, 0.25) is 0 Å². The van der Waals surface area contributed by atoms with E-state index in [2.05, 4.69) is 13.8 Å². The summed E-state index contributed by atoms with van der Waals surface area (Å²) in [5.74, 6) is 0.196. The molecule has 1 rings (SSSR count). The smallest absolute Gasteiger partial charge is 0.344 e. The van der Waals surface area contributed by atoms with Gasteiger partial charge in [-0.2, -0.15) is 0 Å². The summed E-state index contributed by atoms with van der Waals surface area (Å²) in [4.78, 5) is 11.9. The van der Waals surface area contributed by atoms with E-state index >= 15 is 0 Å². The van der Waals surface area contributed by atoms with Crippen LogP contribution in [0.1, 0.15) is 34.6 Å². The topological polar surface area (TPSA) is 63.2 Å². The zero-order valence-electron chi connectivity index (χ0n) is 18.1. The van der Waals surface area contributed by atoms with Crippen molar-refractivity contribution in [3.05, 3.63) is 27.2 Å². The second-order valence-corrected chi connectivity index (χ2v) is 8.73. The summed E-state index contributed by atoms with van der Waals surface area (Å²) in [5.41, 5.74) is 0. The number of rotatable bonds is 14. The van der Waals surface area contributed by atoms with E-state index in [9.17, 15) is 4.79 Å². The molecular weight excluding hydrogens is 455 g/mol. The summed E-state index contributed by atoms with van der Waals surface area (Å²) < 4.78 is 27.5. The van der Waals surface area contributed by atoms with Gasteiger partial charge in [-0.1, -0.05) is 48.7 Å². The first kappa shape index (κ1) is 27.3. The van der Waals surface area contributed by atoms with E-state index < -0.39 is 12.1 Å². The molecule has 0 aliphatic heterocycles. The molecule has 9 heteroatoms. The predicted molar refractivity (Wildman–Crippen MR) is 119 cm³/mol. The monoisotopic (exact) mass is 484 g/mol. The Hall–Kier alpha value is -0.760. The second-order valence-electron chi connectivity index (χ2n) is 7.51. The van der Waals surface area contributed by atoms with Crippen LogP contribution < -0.4 is 4.74 Å². The average Bonchev–Trinajstić information content (AvgIpc) is 2.66. The minimum Gasteiger partial charge on any atom is -0.480 e. The van der Waals surface area contributed by atoms with E-state index in [4.69, 9.17) is 58.5 Å². The average molecular weight is 486 g/mol. The number of carbonyl (C=O) groups excluding carboxylic acids is 1. The van der Waals surface area contributed by atoms with E-state index in [1.165, 1.54) is 12.1 Å². The summed E-state index contributed by atoms with van der Waals surface area (Å²) in [7, 11) is 0. The van der Waals surface area contributed by atoms with E-state index in [1.807, 2.05) is 13.8 Å². The minimum atomic E-state index is -0.548. The van der Waals surface area contributed by atoms with Gasteiger partial charge in [-0.05, 0) is 32.8 Å². The third kappa shape index (κ3) is 11.6. The third-order valence-corrected chi connectivity index (χ3v) is 4.71. The zero-order chi connectivity index (χ0) is 22.7. The molecule has 0 fully saturated rings. The molecule has 0 spiro atoms. The number of benzene rings is 1. The minimum absolute atomic E-state index is 0.0266. The third-order valence-electron chi connectivity index (χ3n) is 3.69. The lowest BCUT2D eigenvalue weighted by Crippen LogP contribution is -2.28. The molecule has 0 heterocycles.